The third kappa shape index (κ3) is 4.82. The zero-order valence-electron chi connectivity index (χ0n) is 23.2. The number of methoxy groups -OCH3 is 1. The average molecular weight is 554 g/mol. The summed E-state index contributed by atoms with van der Waals surface area (Å²) in [5.41, 5.74) is 14.2. The van der Waals surface area contributed by atoms with Gasteiger partial charge in [-0.05, 0) is 92.3 Å². The summed E-state index contributed by atoms with van der Waals surface area (Å²) < 4.78 is 11.4. The van der Waals surface area contributed by atoms with Crippen molar-refractivity contribution in [3.8, 4) is 17.6 Å². The summed E-state index contributed by atoms with van der Waals surface area (Å²) in [6.07, 6.45) is 1.85. The molecular formula is C33H32ClN3O3. The summed E-state index contributed by atoms with van der Waals surface area (Å²) in [5.74, 6) is 1.32. The van der Waals surface area contributed by atoms with Crippen molar-refractivity contribution in [1.82, 2.24) is 0 Å². The lowest BCUT2D eigenvalue weighted by atomic mass is 9.73. The number of nitriles is 1. The number of benzene rings is 3. The lowest BCUT2D eigenvalue weighted by Crippen LogP contribution is -2.39. The molecule has 3 aromatic rings. The molecule has 3 aromatic carbocycles. The van der Waals surface area contributed by atoms with Gasteiger partial charge in [-0.15, -0.1) is 0 Å². The van der Waals surface area contributed by atoms with E-state index < -0.39 is 5.92 Å². The van der Waals surface area contributed by atoms with Crippen molar-refractivity contribution in [3.63, 3.8) is 0 Å². The van der Waals surface area contributed by atoms with Gasteiger partial charge in [-0.25, -0.2) is 0 Å². The van der Waals surface area contributed by atoms with Crippen molar-refractivity contribution in [2.45, 2.75) is 52.6 Å². The van der Waals surface area contributed by atoms with E-state index in [1.54, 1.807) is 7.11 Å². The number of ketones is 1. The van der Waals surface area contributed by atoms with Crippen molar-refractivity contribution in [2.24, 2.45) is 5.73 Å². The number of nitrogens with two attached hydrogens (primary N) is 1. The molecule has 204 valence electrons. The maximum Gasteiger partial charge on any atom is 0.161 e. The van der Waals surface area contributed by atoms with Crippen LogP contribution in [0.5, 0.6) is 11.5 Å². The number of nitrogens with zero attached hydrogens (tertiary/aromatic N) is 2. The molecule has 0 aromatic heterocycles. The molecule has 0 amide bonds. The number of hydrogen-bond donors (Lipinski definition) is 1. The number of carbonyl (C=O) groups is 1. The fourth-order valence-electron chi connectivity index (χ4n) is 5.76. The monoisotopic (exact) mass is 553 g/mol. The Hall–Kier alpha value is -4.21. The molecule has 6 nitrogen and oxygen atoms in total. The van der Waals surface area contributed by atoms with E-state index in [4.69, 9.17) is 26.8 Å². The fraction of sp³-hybridized carbons (Fsp3) is 0.273. The van der Waals surface area contributed by atoms with Gasteiger partial charge in [0.25, 0.3) is 0 Å². The maximum absolute atomic E-state index is 13.6. The van der Waals surface area contributed by atoms with Gasteiger partial charge in [-0.2, -0.15) is 5.26 Å². The Bertz CT molecular complexity index is 1600. The van der Waals surface area contributed by atoms with Crippen molar-refractivity contribution < 1.29 is 14.3 Å². The van der Waals surface area contributed by atoms with Crippen LogP contribution in [0.4, 0.5) is 5.69 Å². The van der Waals surface area contributed by atoms with Crippen LogP contribution in [0.2, 0.25) is 5.02 Å². The van der Waals surface area contributed by atoms with Gasteiger partial charge in [0.2, 0.25) is 0 Å². The largest absolute Gasteiger partial charge is 0.497 e. The first-order chi connectivity index (χ1) is 19.2. The molecule has 1 aliphatic heterocycles. The van der Waals surface area contributed by atoms with Crippen LogP contribution < -0.4 is 20.1 Å². The van der Waals surface area contributed by atoms with E-state index in [2.05, 4.69) is 18.2 Å². The molecule has 5 rings (SSSR count). The molecule has 0 fully saturated rings. The van der Waals surface area contributed by atoms with Crippen LogP contribution in [-0.4, -0.2) is 12.9 Å². The summed E-state index contributed by atoms with van der Waals surface area (Å²) in [4.78, 5) is 15.5. The smallest absolute Gasteiger partial charge is 0.161 e. The number of allylic oxidation sites excluding steroid dienone is 3. The van der Waals surface area contributed by atoms with Gasteiger partial charge < -0.3 is 15.2 Å². The predicted molar refractivity (Wildman–Crippen MR) is 157 cm³/mol. The van der Waals surface area contributed by atoms with Crippen LogP contribution in [0.15, 0.2) is 77.3 Å². The van der Waals surface area contributed by atoms with Crippen LogP contribution >= 0.6 is 11.6 Å². The van der Waals surface area contributed by atoms with Crippen LogP contribution in [0.25, 0.3) is 0 Å². The third-order valence-electron chi connectivity index (χ3n) is 7.86. The molecule has 40 heavy (non-hydrogen) atoms. The second-order valence-electron chi connectivity index (χ2n) is 10.3. The molecule has 1 aliphatic carbocycles. The van der Waals surface area contributed by atoms with E-state index in [0.717, 1.165) is 57.1 Å². The number of aryl methyl sites for hydroxylation is 1. The van der Waals surface area contributed by atoms with Gasteiger partial charge in [0.1, 0.15) is 23.9 Å². The summed E-state index contributed by atoms with van der Waals surface area (Å²) in [5, 5.41) is 11.1. The normalized spacial score (nSPS) is 17.1. The minimum atomic E-state index is -0.553. The second kappa shape index (κ2) is 11.1. The number of hydrogen-bond acceptors (Lipinski definition) is 6. The highest BCUT2D eigenvalue weighted by atomic mass is 35.5. The van der Waals surface area contributed by atoms with Crippen molar-refractivity contribution in [2.75, 3.05) is 12.0 Å². The first-order valence-electron chi connectivity index (χ1n) is 13.3. The first-order valence-corrected chi connectivity index (χ1v) is 13.7. The molecule has 0 radical (unpaired) electrons. The van der Waals surface area contributed by atoms with Gasteiger partial charge >= 0.3 is 0 Å². The molecule has 1 atom stereocenters. The zero-order chi connectivity index (χ0) is 28.6. The van der Waals surface area contributed by atoms with Gasteiger partial charge in [-0.1, -0.05) is 35.4 Å². The molecule has 7 heteroatoms. The molecule has 1 unspecified atom stereocenters. The summed E-state index contributed by atoms with van der Waals surface area (Å²) in [6, 6.07) is 19.6. The van der Waals surface area contributed by atoms with Gasteiger partial charge in [-0.3, -0.25) is 9.69 Å². The van der Waals surface area contributed by atoms with Crippen LogP contribution in [0.1, 0.15) is 53.0 Å². The number of anilines is 1. The molecule has 2 aliphatic rings. The standard InChI is InChI=1S/C33H32ClN3O3/c1-19-15-22(18-40-24-13-11-23(39-4)12-14-24)20(2)25(16-19)31-26(17-35)33(36)37(28-8-5-7-27(34)21(28)3)29-9-6-10-30(38)32(29)31/h5,7-8,11-16,31H,6,9-10,18,36H2,1-4H3. The minimum Gasteiger partial charge on any atom is -0.497 e. The number of carbonyl (C=O) groups excluding carboxylic acids is 1. The summed E-state index contributed by atoms with van der Waals surface area (Å²) in [7, 11) is 1.63. The number of halogens is 1. The second-order valence-corrected chi connectivity index (χ2v) is 10.7. The van der Waals surface area contributed by atoms with E-state index in [-0.39, 0.29) is 5.78 Å². The van der Waals surface area contributed by atoms with Crippen molar-refractivity contribution in [3.05, 3.63) is 110 Å². The molecule has 0 spiro atoms. The van der Waals surface area contributed by atoms with Gasteiger partial charge in [0, 0.05) is 22.7 Å². The highest BCUT2D eigenvalue weighted by molar-refractivity contribution is 6.31. The third-order valence-corrected chi connectivity index (χ3v) is 8.27. The first kappa shape index (κ1) is 27.4. The molecule has 0 bridgehead atoms. The van der Waals surface area contributed by atoms with E-state index in [1.165, 1.54) is 0 Å². The zero-order valence-corrected chi connectivity index (χ0v) is 23.9. The number of ether oxygens (including phenoxy) is 2. The Morgan fingerprint density at radius 3 is 2.48 bits per heavy atom. The summed E-state index contributed by atoms with van der Waals surface area (Å²) >= 11 is 6.47. The Labute approximate surface area is 240 Å². The van der Waals surface area contributed by atoms with Crippen molar-refractivity contribution in [1.29, 1.82) is 5.26 Å². The summed E-state index contributed by atoms with van der Waals surface area (Å²) in [6.45, 7) is 6.30. The van der Waals surface area contributed by atoms with Crippen LogP contribution in [0, 0.1) is 32.1 Å². The van der Waals surface area contributed by atoms with E-state index >= 15 is 0 Å². The van der Waals surface area contributed by atoms with E-state index in [0.29, 0.717) is 41.4 Å². The Kier molecular flexibility index (Phi) is 7.60. The molecule has 0 saturated carbocycles. The van der Waals surface area contributed by atoms with Crippen LogP contribution in [-0.2, 0) is 11.4 Å². The Balaban J connectivity index is 1.62. The Morgan fingerprint density at radius 1 is 1.05 bits per heavy atom. The molecule has 2 N–H and O–H groups in total. The minimum absolute atomic E-state index is 0.0492. The number of rotatable bonds is 6. The van der Waals surface area contributed by atoms with Gasteiger partial charge in [0.15, 0.2) is 5.78 Å². The van der Waals surface area contributed by atoms with Crippen molar-refractivity contribution >= 4 is 23.1 Å². The highest BCUT2D eigenvalue weighted by Crippen LogP contribution is 2.48. The topological polar surface area (TPSA) is 88.6 Å². The lowest BCUT2D eigenvalue weighted by molar-refractivity contribution is -0.116. The van der Waals surface area contributed by atoms with E-state index in [9.17, 15) is 10.1 Å². The predicted octanol–water partition coefficient (Wildman–Crippen LogP) is 7.16. The maximum atomic E-state index is 13.6. The molecule has 1 heterocycles. The van der Waals surface area contributed by atoms with E-state index in [1.807, 2.05) is 68.1 Å². The SMILES string of the molecule is COc1ccc(OCc2cc(C)cc(C3C(C#N)=C(N)N(c4cccc(Cl)c4C)C4=C3C(=O)CCC4)c2C)cc1. The van der Waals surface area contributed by atoms with Crippen LogP contribution in [0.3, 0.4) is 0 Å². The van der Waals surface area contributed by atoms with Gasteiger partial charge in [0.05, 0.1) is 30.4 Å². The molecular weight excluding hydrogens is 522 g/mol. The number of Topliss-reactive ketones (excluding diaryl/α,β-unsaturated/α-hetero) is 1. The average Bonchev–Trinajstić information content (AvgIpc) is 2.95. The highest BCUT2D eigenvalue weighted by Gasteiger charge is 2.41. The molecule has 0 saturated heterocycles. The Morgan fingerprint density at radius 2 is 1.77 bits per heavy atom. The fourth-order valence-corrected chi connectivity index (χ4v) is 5.93. The quantitative estimate of drug-likeness (QED) is 0.348. The lowest BCUT2D eigenvalue weighted by Gasteiger charge is -2.40.